The maximum Gasteiger partial charge on any atom is 0.481 e. The summed E-state index contributed by atoms with van der Waals surface area (Å²) in [5.41, 5.74) is 4.07. The third-order valence-corrected chi connectivity index (χ3v) is 5.94. The third-order valence-electron chi connectivity index (χ3n) is 3.81. The van der Waals surface area contributed by atoms with E-state index in [-0.39, 0.29) is 5.65 Å². The molecule has 13 nitrogen and oxygen atoms in total. The largest absolute Gasteiger partial charge is 0.481 e. The number of rotatable bonds is 6. The topological polar surface area (TPSA) is 199 Å². The van der Waals surface area contributed by atoms with E-state index < -0.39 is 69.6 Å². The Kier molecular flexibility index (Phi) is 5.43. The lowest BCUT2D eigenvalue weighted by atomic mass is 10.2. The van der Waals surface area contributed by atoms with Crippen LogP contribution in [0.4, 0.5) is 19.1 Å². The predicted octanol–water partition coefficient (Wildman–Crippen LogP) is 0.595. The number of halogens is 3. The third kappa shape index (κ3) is 4.54. The van der Waals surface area contributed by atoms with Crippen LogP contribution in [0.5, 0.6) is 0 Å². The molecule has 162 valence electrons. The number of anilines is 1. The number of hydrogen-bond donors (Lipinski definition) is 5. The molecule has 0 radical (unpaired) electrons. The maximum absolute atomic E-state index is 14.7. The van der Waals surface area contributed by atoms with Crippen LogP contribution in [0.1, 0.15) is 12.6 Å². The maximum atomic E-state index is 14.7. The van der Waals surface area contributed by atoms with Crippen LogP contribution in [0.15, 0.2) is 11.0 Å². The number of nitrogens with one attached hydrogen (secondary N) is 1. The molecule has 1 saturated heterocycles. The normalized spacial score (nSPS) is 27.4. The molecule has 0 aromatic carbocycles. The van der Waals surface area contributed by atoms with Gasteiger partial charge in [0, 0.05) is 12.6 Å². The fraction of sp³-hybridized carbons (Fsp3) is 0.455. The number of aromatic nitrogens is 3. The lowest BCUT2D eigenvalue weighted by molar-refractivity contribution is -0.192. The van der Waals surface area contributed by atoms with Crippen LogP contribution in [-0.4, -0.2) is 47.8 Å². The number of nitrogen functional groups attached to an aromatic ring is 1. The van der Waals surface area contributed by atoms with Crippen molar-refractivity contribution in [3.8, 4) is 0 Å². The number of phosphoric acid groups is 2. The Morgan fingerprint density at radius 2 is 2.10 bits per heavy atom. The lowest BCUT2D eigenvalue weighted by Crippen LogP contribution is -2.36. The summed E-state index contributed by atoms with van der Waals surface area (Å²) in [6.45, 7) is -1.60. The Morgan fingerprint density at radius 3 is 2.72 bits per heavy atom. The highest BCUT2D eigenvalue weighted by molar-refractivity contribution is 7.60. The first-order chi connectivity index (χ1) is 13.2. The molecule has 1 aliphatic heterocycles. The van der Waals surface area contributed by atoms with E-state index in [0.717, 1.165) is 4.57 Å². The molecule has 1 fully saturated rings. The molecule has 4 atom stereocenters. The van der Waals surface area contributed by atoms with Gasteiger partial charge in [0.1, 0.15) is 18.2 Å². The minimum Gasteiger partial charge on any atom is -0.369 e. The van der Waals surface area contributed by atoms with Crippen LogP contribution in [0, 0.1) is 5.82 Å². The molecule has 6 N–H and O–H groups in total. The summed E-state index contributed by atoms with van der Waals surface area (Å²) >= 11 is 0. The van der Waals surface area contributed by atoms with Gasteiger partial charge in [-0.05, 0) is 0 Å². The lowest BCUT2D eigenvalue weighted by Gasteiger charge is -2.23. The highest BCUT2D eigenvalue weighted by Crippen LogP contribution is 2.58. The molecule has 0 aliphatic carbocycles. The van der Waals surface area contributed by atoms with Crippen molar-refractivity contribution in [1.82, 2.24) is 14.5 Å². The molecule has 2 aromatic rings. The van der Waals surface area contributed by atoms with Crippen LogP contribution in [0.3, 0.4) is 0 Å². The molecule has 3 heterocycles. The van der Waals surface area contributed by atoms with Crippen LogP contribution >= 0.6 is 15.6 Å². The fourth-order valence-electron chi connectivity index (χ4n) is 2.67. The number of fused-ring (bicyclic) bond motifs is 1. The van der Waals surface area contributed by atoms with E-state index in [0.29, 0.717) is 6.20 Å². The van der Waals surface area contributed by atoms with Crippen molar-refractivity contribution in [3.05, 3.63) is 22.4 Å². The summed E-state index contributed by atoms with van der Waals surface area (Å²) in [7, 11) is -10.9. The Labute approximate surface area is 158 Å². The van der Waals surface area contributed by atoms with Gasteiger partial charge in [0.15, 0.2) is 17.6 Å². The van der Waals surface area contributed by atoms with Gasteiger partial charge in [0.05, 0.1) is 0 Å². The molecule has 1 unspecified atom stereocenters. The quantitative estimate of drug-likeness (QED) is 0.375. The molecule has 2 aromatic heterocycles. The summed E-state index contributed by atoms with van der Waals surface area (Å²) in [5.74, 6) is -4.85. The second-order valence-electron chi connectivity index (χ2n) is 5.91. The van der Waals surface area contributed by atoms with Gasteiger partial charge in [-0.15, -0.1) is 0 Å². The van der Waals surface area contributed by atoms with Crippen LogP contribution < -0.4 is 11.3 Å². The zero-order chi connectivity index (χ0) is 21.8. The number of alkyl halides is 2. The van der Waals surface area contributed by atoms with Gasteiger partial charge in [0.25, 0.3) is 11.4 Å². The highest BCUT2D eigenvalue weighted by atomic mass is 31.3. The molecule has 29 heavy (non-hydrogen) atoms. The fourth-order valence-corrected chi connectivity index (χ4v) is 4.27. The van der Waals surface area contributed by atoms with E-state index >= 15 is 0 Å². The van der Waals surface area contributed by atoms with Crippen molar-refractivity contribution in [1.29, 1.82) is 0 Å². The van der Waals surface area contributed by atoms with Gasteiger partial charge >= 0.3 is 15.6 Å². The minimum absolute atomic E-state index is 0.371. The summed E-state index contributed by atoms with van der Waals surface area (Å²) in [5, 5.41) is -0.541. The average molecular weight is 464 g/mol. The zero-order valence-corrected chi connectivity index (χ0v) is 15.7. The number of phosphoric ester groups is 1. The van der Waals surface area contributed by atoms with Gasteiger partial charge < -0.3 is 29.7 Å². The highest BCUT2D eigenvalue weighted by Gasteiger charge is 2.53. The Hall–Kier alpha value is -1.77. The number of ether oxygens (including phenoxy) is 1. The zero-order valence-electron chi connectivity index (χ0n) is 13.9. The number of hydrogen-bond acceptors (Lipinski definition) is 8. The van der Waals surface area contributed by atoms with E-state index in [1.165, 1.54) is 0 Å². The standard InChI is InChI=1S/C11H13F3N4O9P2/c12-4-2-18(8-7(4)9(19)17-10(15)16-8)6-1-5(13)11(14,26-6)3-25-29(23,24)27-28(20,21)22/h2,5-6H,1,3H2,(H,23,24)(H2,20,21,22)(H3,15,16,17,19)/t5-,6+,11+/m0/s1. The van der Waals surface area contributed by atoms with Crippen molar-refractivity contribution in [2.45, 2.75) is 24.7 Å². The van der Waals surface area contributed by atoms with Crippen molar-refractivity contribution in [3.63, 3.8) is 0 Å². The number of aromatic amines is 1. The molecular weight excluding hydrogens is 451 g/mol. The van der Waals surface area contributed by atoms with Crippen LogP contribution in [-0.2, 0) is 22.7 Å². The molecule has 1 aliphatic rings. The molecule has 0 saturated carbocycles. The van der Waals surface area contributed by atoms with Crippen molar-refractivity contribution in [2.24, 2.45) is 0 Å². The molecule has 0 amide bonds. The van der Waals surface area contributed by atoms with E-state index in [9.17, 15) is 27.1 Å². The van der Waals surface area contributed by atoms with E-state index in [2.05, 4.69) is 18.8 Å². The number of nitrogens with zero attached hydrogens (tertiary/aromatic N) is 2. The predicted molar refractivity (Wildman–Crippen MR) is 87.1 cm³/mol. The van der Waals surface area contributed by atoms with Crippen molar-refractivity contribution >= 4 is 32.6 Å². The average Bonchev–Trinajstić information content (AvgIpc) is 3.01. The first-order valence-electron chi connectivity index (χ1n) is 7.51. The summed E-state index contributed by atoms with van der Waals surface area (Å²) < 4.78 is 78.1. The van der Waals surface area contributed by atoms with E-state index in [1.54, 1.807) is 0 Å². The van der Waals surface area contributed by atoms with Crippen molar-refractivity contribution in [2.75, 3.05) is 12.3 Å². The number of H-pyrrole nitrogens is 1. The summed E-state index contributed by atoms with van der Waals surface area (Å²) in [6.07, 6.45) is -4.11. The minimum atomic E-state index is -5.47. The van der Waals surface area contributed by atoms with Crippen LogP contribution in [0.25, 0.3) is 11.0 Å². The Morgan fingerprint density at radius 1 is 1.45 bits per heavy atom. The molecule has 18 heteroatoms. The number of nitrogens with two attached hydrogens (primary N) is 1. The Balaban J connectivity index is 1.84. The molecular formula is C11H13F3N4O9P2. The van der Waals surface area contributed by atoms with Gasteiger partial charge in [0.2, 0.25) is 5.95 Å². The second-order valence-corrected chi connectivity index (χ2v) is 8.74. The van der Waals surface area contributed by atoms with Gasteiger partial charge in [-0.2, -0.15) is 9.29 Å². The molecule has 0 bridgehead atoms. The summed E-state index contributed by atoms with van der Waals surface area (Å²) in [4.78, 5) is 43.7. The van der Waals surface area contributed by atoms with Crippen molar-refractivity contribution < 1.29 is 50.6 Å². The smallest absolute Gasteiger partial charge is 0.369 e. The summed E-state index contributed by atoms with van der Waals surface area (Å²) in [6, 6.07) is 0. The molecule has 3 rings (SSSR count). The van der Waals surface area contributed by atoms with Gasteiger partial charge in [-0.25, -0.2) is 22.3 Å². The van der Waals surface area contributed by atoms with Crippen LogP contribution in [0.2, 0.25) is 0 Å². The van der Waals surface area contributed by atoms with Gasteiger partial charge in [-0.3, -0.25) is 14.3 Å². The van der Waals surface area contributed by atoms with Gasteiger partial charge in [-0.1, -0.05) is 0 Å². The SMILES string of the molecule is Nc1nc2c(c(F)cn2[C@H]2C[C@H](F)[C@@](F)(COP(=O)(O)OP(=O)(O)O)O2)c(=O)[nH]1. The monoisotopic (exact) mass is 464 g/mol. The first kappa shape index (κ1) is 21.9. The second kappa shape index (κ2) is 7.18. The molecule has 0 spiro atoms. The van der Waals surface area contributed by atoms with E-state index in [4.69, 9.17) is 25.2 Å². The first-order valence-corrected chi connectivity index (χ1v) is 10.5. The Bertz CT molecular complexity index is 1100. The van der Waals surface area contributed by atoms with E-state index in [1.807, 2.05) is 0 Å².